The Morgan fingerprint density at radius 2 is 1.04 bits per heavy atom. The van der Waals surface area contributed by atoms with Crippen LogP contribution in [0.2, 0.25) is 0 Å². The van der Waals surface area contributed by atoms with Crippen LogP contribution in [0.25, 0.3) is 71.7 Å². The molecule has 0 saturated heterocycles. The number of nitrogens with zero attached hydrogens (tertiary/aromatic N) is 1. The Bertz CT molecular complexity index is 2910. The maximum absolute atomic E-state index is 6.33. The van der Waals surface area contributed by atoms with Crippen molar-refractivity contribution in [2.45, 2.75) is 5.41 Å². The summed E-state index contributed by atoms with van der Waals surface area (Å²) in [5.74, 6) is 0. The van der Waals surface area contributed by atoms with E-state index in [1.165, 1.54) is 60.8 Å². The third kappa shape index (κ3) is 3.82. The molecule has 10 aromatic rings. The highest BCUT2D eigenvalue weighted by molar-refractivity contribution is 6.22. The lowest BCUT2D eigenvalue weighted by atomic mass is 9.67. The van der Waals surface area contributed by atoms with Gasteiger partial charge >= 0.3 is 0 Å². The highest BCUT2D eigenvalue weighted by Crippen LogP contribution is 2.60. The van der Waals surface area contributed by atoms with Gasteiger partial charge in [-0.05, 0) is 81.4 Å². The third-order valence-electron chi connectivity index (χ3n) is 11.1. The number of para-hydroxylation sites is 3. The number of fused-ring (bicyclic) bond motifs is 10. The van der Waals surface area contributed by atoms with Crippen molar-refractivity contribution < 1.29 is 4.42 Å². The smallest absolute Gasteiger partial charge is 0.135 e. The van der Waals surface area contributed by atoms with Gasteiger partial charge in [0, 0.05) is 32.8 Å². The van der Waals surface area contributed by atoms with Gasteiger partial charge in [0.1, 0.15) is 11.2 Å². The molecule has 238 valence electrons. The van der Waals surface area contributed by atoms with Gasteiger partial charge in [-0.3, -0.25) is 0 Å². The van der Waals surface area contributed by atoms with Crippen LogP contribution < -0.4 is 0 Å². The highest BCUT2D eigenvalue weighted by Gasteiger charge is 2.47. The molecule has 0 radical (unpaired) electrons. The number of benzene rings is 8. The Morgan fingerprint density at radius 3 is 1.80 bits per heavy atom. The SMILES string of the molecule is c1ccc(-n2c3ccccc3c3c4c(cc(-c5ccc6oc7ccccc7c6c5)c32)C(c2ccccc2)(c2ccccc2)c2ccccc2-4)cc1. The summed E-state index contributed by atoms with van der Waals surface area (Å²) in [7, 11) is 0. The van der Waals surface area contributed by atoms with E-state index in [1.54, 1.807) is 0 Å². The molecule has 8 aromatic carbocycles. The topological polar surface area (TPSA) is 18.1 Å². The van der Waals surface area contributed by atoms with Crippen LogP contribution in [0, 0.1) is 0 Å². The first-order chi connectivity index (χ1) is 25.3. The molecule has 0 fully saturated rings. The molecule has 11 rings (SSSR count). The average molecular weight is 650 g/mol. The molecule has 0 unspecified atom stereocenters. The van der Waals surface area contributed by atoms with E-state index in [1.807, 2.05) is 6.07 Å². The van der Waals surface area contributed by atoms with Gasteiger partial charge in [0.05, 0.1) is 16.4 Å². The van der Waals surface area contributed by atoms with E-state index in [0.29, 0.717) is 0 Å². The number of hydrogen-bond acceptors (Lipinski definition) is 1. The first-order valence-electron chi connectivity index (χ1n) is 17.6. The van der Waals surface area contributed by atoms with E-state index >= 15 is 0 Å². The van der Waals surface area contributed by atoms with E-state index in [9.17, 15) is 0 Å². The number of hydrogen-bond donors (Lipinski definition) is 0. The molecule has 0 atom stereocenters. The molecule has 0 amide bonds. The minimum Gasteiger partial charge on any atom is -0.456 e. The molecule has 2 heterocycles. The summed E-state index contributed by atoms with van der Waals surface area (Å²) in [6, 6.07) is 68.6. The van der Waals surface area contributed by atoms with E-state index in [4.69, 9.17) is 4.42 Å². The molecular weight excluding hydrogens is 619 g/mol. The maximum Gasteiger partial charge on any atom is 0.135 e. The van der Waals surface area contributed by atoms with Crippen molar-refractivity contribution in [3.8, 4) is 27.9 Å². The van der Waals surface area contributed by atoms with E-state index < -0.39 is 5.41 Å². The average Bonchev–Trinajstić information content (AvgIpc) is 3.85. The fourth-order valence-corrected chi connectivity index (χ4v) is 9.04. The quantitative estimate of drug-likeness (QED) is 0.186. The summed E-state index contributed by atoms with van der Waals surface area (Å²) in [4.78, 5) is 0. The van der Waals surface area contributed by atoms with Crippen molar-refractivity contribution in [3.63, 3.8) is 0 Å². The fraction of sp³-hybridized carbons (Fsp3) is 0.0204. The molecule has 0 saturated carbocycles. The standard InChI is InChI=1S/C49H31NO/c1-4-16-33(17-5-1)49(34-18-6-2-7-19-34)41-25-13-10-23-37(41)46-42(49)31-39(32-28-29-45-40(30-32)36-22-12-15-27-44(36)51-45)48-47(46)38-24-11-14-26-43(38)50(48)35-20-8-3-9-21-35/h1-31H. The van der Waals surface area contributed by atoms with Crippen LogP contribution in [0.15, 0.2) is 192 Å². The fourth-order valence-electron chi connectivity index (χ4n) is 9.04. The Kier molecular flexibility index (Phi) is 5.91. The van der Waals surface area contributed by atoms with Crippen molar-refractivity contribution in [3.05, 3.63) is 210 Å². The van der Waals surface area contributed by atoms with Gasteiger partial charge in [-0.2, -0.15) is 0 Å². The van der Waals surface area contributed by atoms with Crippen molar-refractivity contribution in [2.24, 2.45) is 0 Å². The predicted octanol–water partition coefficient (Wildman–Crippen LogP) is 12.7. The second-order valence-electron chi connectivity index (χ2n) is 13.6. The lowest BCUT2D eigenvalue weighted by Crippen LogP contribution is -2.28. The van der Waals surface area contributed by atoms with Gasteiger partial charge in [-0.15, -0.1) is 0 Å². The van der Waals surface area contributed by atoms with Crippen LogP contribution in [0.1, 0.15) is 22.3 Å². The molecule has 0 N–H and O–H groups in total. The first kappa shape index (κ1) is 28.2. The Morgan fingerprint density at radius 1 is 0.431 bits per heavy atom. The zero-order valence-corrected chi connectivity index (χ0v) is 27.8. The van der Waals surface area contributed by atoms with Gasteiger partial charge in [-0.1, -0.05) is 146 Å². The summed E-state index contributed by atoms with van der Waals surface area (Å²) >= 11 is 0. The zero-order chi connectivity index (χ0) is 33.5. The van der Waals surface area contributed by atoms with Gasteiger partial charge in [0.15, 0.2) is 0 Å². The molecule has 0 spiro atoms. The van der Waals surface area contributed by atoms with Crippen LogP contribution in [-0.2, 0) is 5.41 Å². The first-order valence-corrected chi connectivity index (χ1v) is 17.6. The monoisotopic (exact) mass is 649 g/mol. The highest BCUT2D eigenvalue weighted by atomic mass is 16.3. The Balaban J connectivity index is 1.39. The molecule has 2 nitrogen and oxygen atoms in total. The third-order valence-corrected chi connectivity index (χ3v) is 11.1. The van der Waals surface area contributed by atoms with E-state index in [0.717, 1.165) is 33.2 Å². The van der Waals surface area contributed by atoms with Gasteiger partial charge in [0.2, 0.25) is 0 Å². The molecule has 0 bridgehead atoms. The Labute approximate surface area is 295 Å². The number of furan rings is 1. The second kappa shape index (κ2) is 10.7. The molecule has 2 heteroatoms. The molecule has 1 aliphatic rings. The van der Waals surface area contributed by atoms with Crippen molar-refractivity contribution in [2.75, 3.05) is 0 Å². The van der Waals surface area contributed by atoms with Crippen molar-refractivity contribution in [1.82, 2.24) is 4.57 Å². The van der Waals surface area contributed by atoms with Crippen LogP contribution in [0.4, 0.5) is 0 Å². The summed E-state index contributed by atoms with van der Waals surface area (Å²) in [5.41, 5.74) is 14.9. The lowest BCUT2D eigenvalue weighted by molar-refractivity contribution is 0.669. The Hall–Kier alpha value is -6.64. The van der Waals surface area contributed by atoms with Crippen LogP contribution in [0.5, 0.6) is 0 Å². The summed E-state index contributed by atoms with van der Waals surface area (Å²) in [5, 5.41) is 4.78. The van der Waals surface area contributed by atoms with Gasteiger partial charge in [-0.25, -0.2) is 0 Å². The molecule has 2 aromatic heterocycles. The normalized spacial score (nSPS) is 13.3. The summed E-state index contributed by atoms with van der Waals surface area (Å²) < 4.78 is 8.81. The summed E-state index contributed by atoms with van der Waals surface area (Å²) in [6.07, 6.45) is 0. The molecule has 0 aliphatic heterocycles. The lowest BCUT2D eigenvalue weighted by Gasteiger charge is -2.34. The maximum atomic E-state index is 6.33. The van der Waals surface area contributed by atoms with Gasteiger partial charge in [0.25, 0.3) is 0 Å². The molecular formula is C49H31NO. The minimum atomic E-state index is -0.528. The van der Waals surface area contributed by atoms with Crippen molar-refractivity contribution in [1.29, 1.82) is 0 Å². The van der Waals surface area contributed by atoms with Crippen LogP contribution in [0.3, 0.4) is 0 Å². The number of rotatable bonds is 4. The van der Waals surface area contributed by atoms with Gasteiger partial charge < -0.3 is 8.98 Å². The largest absolute Gasteiger partial charge is 0.456 e. The zero-order valence-electron chi connectivity index (χ0n) is 27.8. The number of aromatic nitrogens is 1. The second-order valence-corrected chi connectivity index (χ2v) is 13.6. The predicted molar refractivity (Wildman–Crippen MR) is 211 cm³/mol. The molecule has 1 aliphatic carbocycles. The van der Waals surface area contributed by atoms with Crippen molar-refractivity contribution >= 4 is 43.7 Å². The van der Waals surface area contributed by atoms with E-state index in [2.05, 4.69) is 187 Å². The minimum absolute atomic E-state index is 0.528. The summed E-state index contributed by atoms with van der Waals surface area (Å²) in [6.45, 7) is 0. The van der Waals surface area contributed by atoms with Crippen LogP contribution in [-0.4, -0.2) is 4.57 Å². The van der Waals surface area contributed by atoms with Crippen LogP contribution >= 0.6 is 0 Å². The van der Waals surface area contributed by atoms with E-state index in [-0.39, 0.29) is 0 Å². The molecule has 51 heavy (non-hydrogen) atoms.